The molecule has 1 aromatic heterocycles. The largest absolute Gasteiger partial charge is 0.288 e. The fraction of sp³-hybridized carbons (Fsp3) is 0. The Labute approximate surface area is 65.7 Å². The highest BCUT2D eigenvalue weighted by Crippen LogP contribution is 2.16. The molecular formula is C6H2N2O2S. The van der Waals surface area contributed by atoms with Crippen molar-refractivity contribution >= 4 is 23.1 Å². The maximum absolute atomic E-state index is 11.0. The lowest BCUT2D eigenvalue weighted by molar-refractivity contribution is 0.0994. The molecule has 1 aliphatic carbocycles. The zero-order valence-corrected chi connectivity index (χ0v) is 6.09. The van der Waals surface area contributed by atoms with Crippen LogP contribution in [0.25, 0.3) is 0 Å². The van der Waals surface area contributed by atoms with Crippen molar-refractivity contribution in [1.29, 1.82) is 0 Å². The van der Waals surface area contributed by atoms with Crippen molar-refractivity contribution < 1.29 is 9.59 Å². The predicted molar refractivity (Wildman–Crippen MR) is 37.7 cm³/mol. The molecule has 54 valence electrons. The molecular weight excluding hydrogens is 164 g/mol. The van der Waals surface area contributed by atoms with E-state index in [9.17, 15) is 9.59 Å². The summed E-state index contributed by atoms with van der Waals surface area (Å²) in [5.41, 5.74) is 0.183. The van der Waals surface area contributed by atoms with Gasteiger partial charge in [0.25, 0.3) is 0 Å². The summed E-state index contributed by atoms with van der Waals surface area (Å²) in [7, 11) is 0. The summed E-state index contributed by atoms with van der Waals surface area (Å²) >= 11 is 0.954. The van der Waals surface area contributed by atoms with Crippen LogP contribution in [0.4, 0.5) is 0 Å². The van der Waals surface area contributed by atoms with E-state index in [0.29, 0.717) is 4.88 Å². The van der Waals surface area contributed by atoms with Crippen molar-refractivity contribution in [3.05, 3.63) is 22.7 Å². The van der Waals surface area contributed by atoms with Gasteiger partial charge in [0.15, 0.2) is 11.5 Å². The van der Waals surface area contributed by atoms with Crippen LogP contribution in [0.15, 0.2) is 12.2 Å². The Morgan fingerprint density at radius 3 is 2.64 bits per heavy atom. The molecule has 0 radical (unpaired) electrons. The zero-order chi connectivity index (χ0) is 7.84. The van der Waals surface area contributed by atoms with E-state index in [2.05, 4.69) is 9.59 Å². The highest BCUT2D eigenvalue weighted by molar-refractivity contribution is 7.08. The number of hydrogen-bond donors (Lipinski definition) is 0. The fourth-order valence-corrected chi connectivity index (χ4v) is 1.41. The van der Waals surface area contributed by atoms with Gasteiger partial charge in [-0.2, -0.15) is 0 Å². The minimum Gasteiger partial charge on any atom is -0.288 e. The van der Waals surface area contributed by atoms with Crippen LogP contribution in [-0.4, -0.2) is 21.2 Å². The van der Waals surface area contributed by atoms with Gasteiger partial charge in [-0.1, -0.05) is 4.49 Å². The van der Waals surface area contributed by atoms with E-state index < -0.39 is 0 Å². The van der Waals surface area contributed by atoms with Gasteiger partial charge in [0, 0.05) is 0 Å². The van der Waals surface area contributed by atoms with Crippen molar-refractivity contribution in [3.8, 4) is 0 Å². The molecule has 0 aliphatic heterocycles. The van der Waals surface area contributed by atoms with Crippen LogP contribution in [0.2, 0.25) is 0 Å². The third-order valence-corrected chi connectivity index (χ3v) is 2.07. The number of fused-ring (bicyclic) bond motifs is 1. The summed E-state index contributed by atoms with van der Waals surface area (Å²) in [6, 6.07) is 0. The number of hydrogen-bond acceptors (Lipinski definition) is 5. The monoisotopic (exact) mass is 166 g/mol. The standard InChI is InChI=1S/C6H2N2O2S/c9-3-1-2-4(10)6-5(3)7-8-11-6/h1-2H. The van der Waals surface area contributed by atoms with Gasteiger partial charge < -0.3 is 0 Å². The van der Waals surface area contributed by atoms with Crippen LogP contribution >= 0.6 is 11.5 Å². The van der Waals surface area contributed by atoms with Crippen LogP contribution in [0, 0.1) is 0 Å². The summed E-state index contributed by atoms with van der Waals surface area (Å²) in [6.07, 6.45) is 2.45. The SMILES string of the molecule is O=C1C=CC(=O)c2snnc21. The van der Waals surface area contributed by atoms with Gasteiger partial charge in [-0.25, -0.2) is 0 Å². The predicted octanol–water partition coefficient (Wildman–Crippen LogP) is 0.473. The first kappa shape index (κ1) is 6.36. The van der Waals surface area contributed by atoms with Gasteiger partial charge in [0.05, 0.1) is 0 Å². The molecule has 0 fully saturated rings. The maximum Gasteiger partial charge on any atom is 0.207 e. The lowest BCUT2D eigenvalue weighted by Gasteiger charge is -1.96. The van der Waals surface area contributed by atoms with E-state index in [-0.39, 0.29) is 17.3 Å². The minimum absolute atomic E-state index is 0.183. The number of nitrogens with zero attached hydrogens (tertiary/aromatic N) is 2. The van der Waals surface area contributed by atoms with E-state index >= 15 is 0 Å². The first-order valence-corrected chi connectivity index (χ1v) is 3.65. The molecule has 1 aliphatic rings. The van der Waals surface area contributed by atoms with E-state index in [1.807, 2.05) is 0 Å². The molecule has 0 spiro atoms. The number of carbonyl (C=O) groups excluding carboxylic acids is 2. The normalized spacial score (nSPS) is 15.3. The second kappa shape index (κ2) is 2.06. The van der Waals surface area contributed by atoms with Crippen LogP contribution in [0.1, 0.15) is 20.2 Å². The molecule has 5 heteroatoms. The number of allylic oxidation sites excluding steroid dienone is 2. The van der Waals surface area contributed by atoms with Gasteiger partial charge in [-0.15, -0.1) is 5.10 Å². The molecule has 0 saturated heterocycles. The lowest BCUT2D eigenvalue weighted by atomic mass is 10.1. The molecule has 1 aromatic rings. The van der Waals surface area contributed by atoms with Crippen molar-refractivity contribution in [2.45, 2.75) is 0 Å². The molecule has 0 bridgehead atoms. The van der Waals surface area contributed by atoms with Gasteiger partial charge in [0.2, 0.25) is 5.78 Å². The van der Waals surface area contributed by atoms with Gasteiger partial charge in [0.1, 0.15) is 4.88 Å². The highest BCUT2D eigenvalue weighted by atomic mass is 32.1. The van der Waals surface area contributed by atoms with E-state index in [1.165, 1.54) is 12.2 Å². The third-order valence-electron chi connectivity index (χ3n) is 1.33. The summed E-state index contributed by atoms with van der Waals surface area (Å²) < 4.78 is 3.51. The van der Waals surface area contributed by atoms with E-state index in [1.54, 1.807) is 0 Å². The zero-order valence-electron chi connectivity index (χ0n) is 5.27. The summed E-state index contributed by atoms with van der Waals surface area (Å²) in [4.78, 5) is 22.3. The molecule has 0 aromatic carbocycles. The third kappa shape index (κ3) is 0.813. The average molecular weight is 166 g/mol. The van der Waals surface area contributed by atoms with Crippen LogP contribution in [0.5, 0.6) is 0 Å². The molecule has 0 amide bonds. The topological polar surface area (TPSA) is 59.9 Å². The first-order valence-electron chi connectivity index (χ1n) is 2.88. The maximum atomic E-state index is 11.0. The van der Waals surface area contributed by atoms with E-state index in [4.69, 9.17) is 0 Å². The second-order valence-corrected chi connectivity index (χ2v) is 2.77. The highest BCUT2D eigenvalue weighted by Gasteiger charge is 2.22. The number of carbonyl (C=O) groups is 2. The van der Waals surface area contributed by atoms with Crippen molar-refractivity contribution in [2.24, 2.45) is 0 Å². The molecule has 0 unspecified atom stereocenters. The first-order chi connectivity index (χ1) is 5.29. The fourth-order valence-electron chi connectivity index (χ4n) is 0.820. The molecule has 0 N–H and O–H groups in total. The van der Waals surface area contributed by atoms with Gasteiger partial charge in [-0.05, 0) is 23.7 Å². The van der Waals surface area contributed by atoms with Crippen LogP contribution in [0.3, 0.4) is 0 Å². The summed E-state index contributed by atoms with van der Waals surface area (Å²) in [5, 5.41) is 3.54. The van der Waals surface area contributed by atoms with Crippen LogP contribution in [-0.2, 0) is 0 Å². The van der Waals surface area contributed by atoms with E-state index in [0.717, 1.165) is 11.5 Å². The Bertz CT molecular complexity index is 334. The average Bonchev–Trinajstić information content (AvgIpc) is 2.45. The second-order valence-electron chi connectivity index (χ2n) is 2.01. The molecule has 1 heterocycles. The molecule has 0 atom stereocenters. The molecule has 4 nitrogen and oxygen atoms in total. The number of rotatable bonds is 0. The van der Waals surface area contributed by atoms with Crippen molar-refractivity contribution in [2.75, 3.05) is 0 Å². The smallest absolute Gasteiger partial charge is 0.207 e. The Kier molecular flexibility index (Phi) is 1.19. The Morgan fingerprint density at radius 2 is 1.91 bits per heavy atom. The Hall–Kier alpha value is -1.36. The summed E-state index contributed by atoms with van der Waals surface area (Å²) in [6.45, 7) is 0. The quantitative estimate of drug-likeness (QED) is 0.562. The lowest BCUT2D eigenvalue weighted by Crippen LogP contribution is -2.08. The minimum atomic E-state index is -0.242. The summed E-state index contributed by atoms with van der Waals surface area (Å²) in [5.74, 6) is -0.428. The molecule has 0 saturated carbocycles. The Morgan fingerprint density at radius 1 is 1.18 bits per heavy atom. The van der Waals surface area contributed by atoms with Gasteiger partial charge in [-0.3, -0.25) is 9.59 Å². The Balaban J connectivity index is 2.68. The van der Waals surface area contributed by atoms with Crippen molar-refractivity contribution in [3.63, 3.8) is 0 Å². The molecule has 11 heavy (non-hydrogen) atoms. The van der Waals surface area contributed by atoms with Gasteiger partial charge >= 0.3 is 0 Å². The van der Waals surface area contributed by atoms with Crippen LogP contribution < -0.4 is 0 Å². The number of aromatic nitrogens is 2. The molecule has 2 rings (SSSR count). The van der Waals surface area contributed by atoms with Crippen molar-refractivity contribution in [1.82, 2.24) is 9.59 Å². The number of ketones is 2.